The fourth-order valence-corrected chi connectivity index (χ4v) is 2.88. The molecule has 0 aromatic carbocycles. The summed E-state index contributed by atoms with van der Waals surface area (Å²) in [5, 5.41) is 8.01. The number of hydrogen-bond acceptors (Lipinski definition) is 5. The van der Waals surface area contributed by atoms with Gasteiger partial charge in [0, 0.05) is 25.2 Å². The van der Waals surface area contributed by atoms with Crippen LogP contribution in [0.1, 0.15) is 38.5 Å². The molecule has 1 fully saturated rings. The Morgan fingerprint density at radius 3 is 2.68 bits per heavy atom. The van der Waals surface area contributed by atoms with E-state index in [0.717, 1.165) is 30.0 Å². The molecule has 1 saturated carbocycles. The summed E-state index contributed by atoms with van der Waals surface area (Å²) in [7, 11) is 0. The number of nitrogens with zero attached hydrogens (tertiary/aromatic N) is 2. The average molecular weight is 280 g/mol. The van der Waals surface area contributed by atoms with Crippen LogP contribution in [0.15, 0.2) is 17.4 Å². The first kappa shape index (κ1) is 14.6. The zero-order valence-corrected chi connectivity index (χ0v) is 12.5. The zero-order valence-electron chi connectivity index (χ0n) is 11.7. The minimum absolute atomic E-state index is 0.719. The van der Waals surface area contributed by atoms with Crippen molar-refractivity contribution in [3.63, 3.8) is 0 Å². The lowest BCUT2D eigenvalue weighted by Crippen LogP contribution is -2.32. The van der Waals surface area contributed by atoms with Crippen molar-refractivity contribution in [3.05, 3.63) is 12.4 Å². The molecule has 0 atom stereocenters. The van der Waals surface area contributed by atoms with E-state index in [2.05, 4.69) is 20.6 Å². The van der Waals surface area contributed by atoms with Crippen LogP contribution in [-0.2, 0) is 0 Å². The lowest BCUT2D eigenvalue weighted by Gasteiger charge is -2.16. The second kappa shape index (κ2) is 8.38. The molecule has 1 aromatic rings. The van der Waals surface area contributed by atoms with Gasteiger partial charge in [0.15, 0.2) is 0 Å². The Kier molecular flexibility index (Phi) is 6.44. The predicted octanol–water partition coefficient (Wildman–Crippen LogP) is 2.92. The van der Waals surface area contributed by atoms with Crippen LogP contribution in [0.4, 0.5) is 5.82 Å². The van der Waals surface area contributed by atoms with Crippen LogP contribution in [0.2, 0.25) is 0 Å². The van der Waals surface area contributed by atoms with E-state index >= 15 is 0 Å². The second-order valence-electron chi connectivity index (χ2n) is 5.01. The summed E-state index contributed by atoms with van der Waals surface area (Å²) in [5.41, 5.74) is 0. The molecular weight excluding hydrogens is 256 g/mol. The summed E-state index contributed by atoms with van der Waals surface area (Å²) in [6.07, 6.45) is 11.9. The van der Waals surface area contributed by atoms with E-state index in [1.807, 2.05) is 12.3 Å². The Bertz CT molecular complexity index is 364. The van der Waals surface area contributed by atoms with Crippen molar-refractivity contribution in [3.8, 4) is 0 Å². The molecular formula is C14H24N4S. The first-order chi connectivity index (χ1) is 9.38. The van der Waals surface area contributed by atoms with Gasteiger partial charge in [0.1, 0.15) is 17.2 Å². The standard InChI is InChI=1S/C14H24N4S/c1-19-14-10-13(17-11-18-14)16-9-8-15-12-6-4-2-3-5-7-12/h10-12,15H,2-9H2,1H3,(H,16,17,18). The Labute approximate surface area is 120 Å². The highest BCUT2D eigenvalue weighted by Gasteiger charge is 2.10. The molecule has 106 valence electrons. The molecule has 0 aliphatic heterocycles. The van der Waals surface area contributed by atoms with Crippen molar-refractivity contribution in [2.45, 2.75) is 49.6 Å². The Hall–Kier alpha value is -0.810. The number of hydrogen-bond donors (Lipinski definition) is 2. The Morgan fingerprint density at radius 1 is 1.16 bits per heavy atom. The highest BCUT2D eigenvalue weighted by atomic mass is 32.2. The largest absolute Gasteiger partial charge is 0.369 e. The summed E-state index contributed by atoms with van der Waals surface area (Å²) in [6, 6.07) is 2.72. The van der Waals surface area contributed by atoms with Crippen molar-refractivity contribution in [1.29, 1.82) is 0 Å². The third-order valence-electron chi connectivity index (χ3n) is 3.57. The lowest BCUT2D eigenvalue weighted by molar-refractivity contribution is 0.468. The second-order valence-corrected chi connectivity index (χ2v) is 5.84. The van der Waals surface area contributed by atoms with Crippen LogP contribution in [-0.4, -0.2) is 35.4 Å². The maximum Gasteiger partial charge on any atom is 0.130 e. The molecule has 0 unspecified atom stereocenters. The highest BCUT2D eigenvalue weighted by Crippen LogP contribution is 2.17. The third kappa shape index (κ3) is 5.37. The molecule has 1 aromatic heterocycles. The number of rotatable bonds is 6. The van der Waals surface area contributed by atoms with E-state index in [-0.39, 0.29) is 0 Å². The smallest absolute Gasteiger partial charge is 0.130 e. The van der Waals surface area contributed by atoms with E-state index < -0.39 is 0 Å². The molecule has 5 heteroatoms. The molecule has 0 saturated heterocycles. The fraction of sp³-hybridized carbons (Fsp3) is 0.714. The molecule has 1 heterocycles. The van der Waals surface area contributed by atoms with Crippen molar-refractivity contribution < 1.29 is 0 Å². The van der Waals surface area contributed by atoms with Gasteiger partial charge in [-0.2, -0.15) is 0 Å². The minimum atomic E-state index is 0.719. The summed E-state index contributed by atoms with van der Waals surface area (Å²) in [6.45, 7) is 1.92. The maximum atomic E-state index is 4.22. The van der Waals surface area contributed by atoms with Crippen LogP contribution in [0.25, 0.3) is 0 Å². The normalized spacial score (nSPS) is 17.1. The van der Waals surface area contributed by atoms with E-state index in [0.29, 0.717) is 0 Å². The van der Waals surface area contributed by atoms with Gasteiger partial charge in [-0.1, -0.05) is 25.7 Å². The minimum Gasteiger partial charge on any atom is -0.369 e. The third-order valence-corrected chi connectivity index (χ3v) is 4.21. The molecule has 4 nitrogen and oxygen atoms in total. The maximum absolute atomic E-state index is 4.22. The van der Waals surface area contributed by atoms with Crippen molar-refractivity contribution in [2.75, 3.05) is 24.7 Å². The number of anilines is 1. The van der Waals surface area contributed by atoms with Crippen LogP contribution < -0.4 is 10.6 Å². The summed E-state index contributed by atoms with van der Waals surface area (Å²) in [4.78, 5) is 8.39. The van der Waals surface area contributed by atoms with Crippen molar-refractivity contribution in [2.24, 2.45) is 0 Å². The Morgan fingerprint density at radius 2 is 1.95 bits per heavy atom. The number of thioether (sulfide) groups is 1. The van der Waals surface area contributed by atoms with Gasteiger partial charge in [0.05, 0.1) is 0 Å². The van der Waals surface area contributed by atoms with E-state index in [1.165, 1.54) is 38.5 Å². The molecule has 2 N–H and O–H groups in total. The molecule has 0 bridgehead atoms. The van der Waals surface area contributed by atoms with E-state index in [4.69, 9.17) is 0 Å². The first-order valence-electron chi connectivity index (χ1n) is 7.22. The van der Waals surface area contributed by atoms with E-state index in [1.54, 1.807) is 18.1 Å². The van der Waals surface area contributed by atoms with Gasteiger partial charge in [-0.15, -0.1) is 11.8 Å². The first-order valence-corrected chi connectivity index (χ1v) is 8.44. The monoisotopic (exact) mass is 280 g/mol. The quantitative estimate of drug-likeness (QED) is 0.363. The Balaban J connectivity index is 1.65. The van der Waals surface area contributed by atoms with Gasteiger partial charge in [-0.05, 0) is 19.1 Å². The fourth-order valence-electron chi connectivity index (χ4n) is 2.50. The predicted molar refractivity (Wildman–Crippen MR) is 81.8 cm³/mol. The van der Waals surface area contributed by atoms with E-state index in [9.17, 15) is 0 Å². The van der Waals surface area contributed by atoms with Crippen LogP contribution in [0, 0.1) is 0 Å². The van der Waals surface area contributed by atoms with Gasteiger partial charge < -0.3 is 10.6 Å². The summed E-state index contributed by atoms with van der Waals surface area (Å²) >= 11 is 1.64. The van der Waals surface area contributed by atoms with Crippen LogP contribution >= 0.6 is 11.8 Å². The number of nitrogens with one attached hydrogen (secondary N) is 2. The average Bonchev–Trinajstić information content (AvgIpc) is 2.72. The lowest BCUT2D eigenvalue weighted by atomic mass is 10.1. The van der Waals surface area contributed by atoms with Gasteiger partial charge in [0.25, 0.3) is 0 Å². The molecule has 19 heavy (non-hydrogen) atoms. The van der Waals surface area contributed by atoms with Gasteiger partial charge in [-0.3, -0.25) is 0 Å². The van der Waals surface area contributed by atoms with Crippen molar-refractivity contribution >= 4 is 17.6 Å². The SMILES string of the molecule is CSc1cc(NCCNC2CCCCCC2)ncn1. The van der Waals surface area contributed by atoms with Crippen LogP contribution in [0.5, 0.6) is 0 Å². The number of aromatic nitrogens is 2. The topological polar surface area (TPSA) is 49.8 Å². The van der Waals surface area contributed by atoms with Crippen LogP contribution in [0.3, 0.4) is 0 Å². The molecule has 1 aliphatic carbocycles. The zero-order chi connectivity index (χ0) is 13.3. The summed E-state index contributed by atoms with van der Waals surface area (Å²) < 4.78 is 0. The van der Waals surface area contributed by atoms with Crippen molar-refractivity contribution in [1.82, 2.24) is 15.3 Å². The molecule has 0 spiro atoms. The molecule has 2 rings (SSSR count). The molecule has 0 radical (unpaired) electrons. The van der Waals surface area contributed by atoms with Gasteiger partial charge >= 0.3 is 0 Å². The van der Waals surface area contributed by atoms with Gasteiger partial charge in [0.2, 0.25) is 0 Å². The summed E-state index contributed by atoms with van der Waals surface area (Å²) in [5.74, 6) is 0.919. The molecule has 0 amide bonds. The highest BCUT2D eigenvalue weighted by molar-refractivity contribution is 7.98. The van der Waals surface area contributed by atoms with Gasteiger partial charge in [-0.25, -0.2) is 9.97 Å². The molecule has 1 aliphatic rings.